The van der Waals surface area contributed by atoms with E-state index < -0.39 is 21.0 Å². The SMILES string of the molecule is CC(C(=O)NN(Cc1ccccc1)c1ccccc1)S(C)(=O)=O. The van der Waals surface area contributed by atoms with Gasteiger partial charge >= 0.3 is 0 Å². The van der Waals surface area contributed by atoms with Gasteiger partial charge < -0.3 is 0 Å². The van der Waals surface area contributed by atoms with E-state index in [1.165, 1.54) is 6.92 Å². The summed E-state index contributed by atoms with van der Waals surface area (Å²) < 4.78 is 23.1. The molecule has 1 atom stereocenters. The molecule has 2 rings (SSSR count). The summed E-state index contributed by atoms with van der Waals surface area (Å²) in [5, 5.41) is 0.545. The zero-order chi connectivity index (χ0) is 16.9. The third-order valence-corrected chi connectivity index (χ3v) is 5.01. The fraction of sp³-hybridized carbons (Fsp3) is 0.235. The highest BCUT2D eigenvalue weighted by atomic mass is 32.2. The second-order valence-corrected chi connectivity index (χ2v) is 7.72. The van der Waals surface area contributed by atoms with Gasteiger partial charge in [0.05, 0.1) is 12.2 Å². The zero-order valence-electron chi connectivity index (χ0n) is 13.1. The Hall–Kier alpha value is -2.34. The molecule has 2 aromatic carbocycles. The number of sulfone groups is 1. The molecule has 0 saturated heterocycles. The molecule has 0 saturated carbocycles. The Balaban J connectivity index is 2.22. The number of anilines is 1. The van der Waals surface area contributed by atoms with E-state index in [1.54, 1.807) is 5.01 Å². The van der Waals surface area contributed by atoms with Gasteiger partial charge in [0, 0.05) is 6.26 Å². The maximum atomic E-state index is 12.2. The lowest BCUT2D eigenvalue weighted by atomic mass is 10.2. The van der Waals surface area contributed by atoms with Crippen LogP contribution in [-0.4, -0.2) is 25.8 Å². The molecule has 6 heteroatoms. The number of hydrogen-bond donors (Lipinski definition) is 1. The molecule has 0 aliphatic heterocycles. The van der Waals surface area contributed by atoms with Crippen molar-refractivity contribution in [2.24, 2.45) is 0 Å². The third kappa shape index (κ3) is 4.82. The normalized spacial score (nSPS) is 12.4. The molecule has 0 aromatic heterocycles. The minimum absolute atomic E-state index is 0.438. The Kier molecular flexibility index (Phi) is 5.39. The zero-order valence-corrected chi connectivity index (χ0v) is 14.0. The largest absolute Gasteiger partial charge is 0.281 e. The molecule has 122 valence electrons. The third-order valence-electron chi connectivity index (χ3n) is 3.51. The van der Waals surface area contributed by atoms with Crippen molar-refractivity contribution in [3.8, 4) is 0 Å². The van der Waals surface area contributed by atoms with Gasteiger partial charge in [0.15, 0.2) is 9.84 Å². The molecule has 1 N–H and O–H groups in total. The van der Waals surface area contributed by atoms with Crippen LogP contribution in [0, 0.1) is 0 Å². The summed E-state index contributed by atoms with van der Waals surface area (Å²) in [6, 6.07) is 19.0. The van der Waals surface area contributed by atoms with E-state index >= 15 is 0 Å². The van der Waals surface area contributed by atoms with Gasteiger partial charge in [0.2, 0.25) is 0 Å². The number of hydrogen-bond acceptors (Lipinski definition) is 4. The Morgan fingerprint density at radius 3 is 2.09 bits per heavy atom. The van der Waals surface area contributed by atoms with Crippen LogP contribution in [0.15, 0.2) is 60.7 Å². The molecule has 0 aliphatic carbocycles. The van der Waals surface area contributed by atoms with Crippen LogP contribution in [0.5, 0.6) is 0 Å². The minimum atomic E-state index is -3.44. The van der Waals surface area contributed by atoms with Crippen LogP contribution in [0.2, 0.25) is 0 Å². The fourth-order valence-corrected chi connectivity index (χ4v) is 2.43. The van der Waals surface area contributed by atoms with E-state index in [-0.39, 0.29) is 0 Å². The van der Waals surface area contributed by atoms with Crippen LogP contribution >= 0.6 is 0 Å². The Morgan fingerprint density at radius 1 is 1.04 bits per heavy atom. The van der Waals surface area contributed by atoms with E-state index in [0.29, 0.717) is 6.54 Å². The highest BCUT2D eigenvalue weighted by Gasteiger charge is 2.25. The van der Waals surface area contributed by atoms with Crippen molar-refractivity contribution in [2.75, 3.05) is 11.3 Å². The maximum absolute atomic E-state index is 12.2. The summed E-state index contributed by atoms with van der Waals surface area (Å²) in [6.07, 6.45) is 1.06. The number of benzene rings is 2. The van der Waals surface area contributed by atoms with Gasteiger partial charge in [0.25, 0.3) is 5.91 Å². The Bertz CT molecular complexity index is 746. The van der Waals surface area contributed by atoms with Crippen molar-refractivity contribution < 1.29 is 13.2 Å². The molecule has 0 fully saturated rings. The predicted molar refractivity (Wildman–Crippen MR) is 91.5 cm³/mol. The predicted octanol–water partition coefficient (Wildman–Crippen LogP) is 2.16. The van der Waals surface area contributed by atoms with Gasteiger partial charge in [-0.2, -0.15) is 0 Å². The first-order valence-corrected chi connectivity index (χ1v) is 9.19. The van der Waals surface area contributed by atoms with E-state index in [1.807, 2.05) is 60.7 Å². The first-order chi connectivity index (χ1) is 10.9. The lowest BCUT2D eigenvalue weighted by Crippen LogP contribution is -2.47. The summed E-state index contributed by atoms with van der Waals surface area (Å²) in [4.78, 5) is 12.2. The molecule has 5 nitrogen and oxygen atoms in total. The number of para-hydroxylation sites is 1. The van der Waals surface area contributed by atoms with Gasteiger partial charge in [0.1, 0.15) is 5.25 Å². The molecule has 0 spiro atoms. The molecule has 0 heterocycles. The van der Waals surface area contributed by atoms with Crippen LogP contribution in [0.25, 0.3) is 0 Å². The Morgan fingerprint density at radius 2 is 1.57 bits per heavy atom. The molecule has 1 unspecified atom stereocenters. The van der Waals surface area contributed by atoms with Gasteiger partial charge in [-0.3, -0.25) is 15.2 Å². The molecule has 23 heavy (non-hydrogen) atoms. The van der Waals surface area contributed by atoms with Crippen LogP contribution in [0.3, 0.4) is 0 Å². The summed E-state index contributed by atoms with van der Waals surface area (Å²) >= 11 is 0. The number of nitrogens with one attached hydrogen (secondary N) is 1. The lowest BCUT2D eigenvalue weighted by molar-refractivity contribution is -0.120. The first kappa shape index (κ1) is 17.0. The van der Waals surface area contributed by atoms with Gasteiger partial charge in [-0.1, -0.05) is 48.5 Å². The number of carbonyl (C=O) groups excluding carboxylic acids is 1. The first-order valence-electron chi connectivity index (χ1n) is 7.24. The van der Waals surface area contributed by atoms with Crippen molar-refractivity contribution in [1.82, 2.24) is 5.43 Å². The average Bonchev–Trinajstić information content (AvgIpc) is 2.54. The van der Waals surface area contributed by atoms with Gasteiger partial charge in [-0.25, -0.2) is 8.42 Å². The summed E-state index contributed by atoms with van der Waals surface area (Å²) in [5.41, 5.74) is 4.49. The maximum Gasteiger partial charge on any atom is 0.256 e. The molecular formula is C17H20N2O3S. The van der Waals surface area contributed by atoms with Crippen LogP contribution < -0.4 is 10.4 Å². The average molecular weight is 332 g/mol. The van der Waals surface area contributed by atoms with Gasteiger partial charge in [-0.15, -0.1) is 0 Å². The highest BCUT2D eigenvalue weighted by Crippen LogP contribution is 2.15. The molecule has 0 aliphatic rings. The lowest BCUT2D eigenvalue weighted by Gasteiger charge is -2.26. The quantitative estimate of drug-likeness (QED) is 0.823. The van der Waals surface area contributed by atoms with Crippen molar-refractivity contribution >= 4 is 21.4 Å². The smallest absolute Gasteiger partial charge is 0.256 e. The Labute approximate surface area is 136 Å². The monoisotopic (exact) mass is 332 g/mol. The van der Waals surface area contributed by atoms with Crippen molar-refractivity contribution in [3.05, 3.63) is 66.2 Å². The second kappa shape index (κ2) is 7.28. The number of nitrogens with zero attached hydrogens (tertiary/aromatic N) is 1. The van der Waals surface area contributed by atoms with E-state index in [4.69, 9.17) is 0 Å². The molecule has 1 amide bonds. The van der Waals surface area contributed by atoms with Crippen molar-refractivity contribution in [3.63, 3.8) is 0 Å². The summed E-state index contributed by atoms with van der Waals surface area (Å²) in [6.45, 7) is 1.82. The molecular weight excluding hydrogens is 312 g/mol. The van der Waals surface area contributed by atoms with Crippen LogP contribution in [0.1, 0.15) is 12.5 Å². The number of hydrazine groups is 1. The summed E-state index contributed by atoms with van der Waals surface area (Å²) in [7, 11) is -3.44. The topological polar surface area (TPSA) is 66.5 Å². The summed E-state index contributed by atoms with van der Waals surface area (Å²) in [5.74, 6) is -0.549. The molecule has 0 bridgehead atoms. The standard InChI is InChI=1S/C17H20N2O3S/c1-14(23(2,21)22)17(20)18-19(16-11-7-4-8-12-16)13-15-9-5-3-6-10-15/h3-12,14H,13H2,1-2H3,(H,18,20). The van der Waals surface area contributed by atoms with Crippen molar-refractivity contribution in [1.29, 1.82) is 0 Å². The number of amides is 1. The van der Waals surface area contributed by atoms with E-state index in [9.17, 15) is 13.2 Å². The van der Waals surface area contributed by atoms with E-state index in [0.717, 1.165) is 17.5 Å². The van der Waals surface area contributed by atoms with Crippen LogP contribution in [-0.2, 0) is 21.2 Å². The van der Waals surface area contributed by atoms with Crippen LogP contribution in [0.4, 0.5) is 5.69 Å². The van der Waals surface area contributed by atoms with E-state index in [2.05, 4.69) is 5.43 Å². The molecule has 2 aromatic rings. The number of carbonyl (C=O) groups is 1. The second-order valence-electron chi connectivity index (χ2n) is 5.36. The van der Waals surface area contributed by atoms with Gasteiger partial charge in [-0.05, 0) is 24.6 Å². The highest BCUT2D eigenvalue weighted by molar-refractivity contribution is 7.92. The fourth-order valence-electron chi connectivity index (χ4n) is 1.99. The number of rotatable bonds is 6. The van der Waals surface area contributed by atoms with Crippen molar-refractivity contribution in [2.45, 2.75) is 18.7 Å². The molecule has 0 radical (unpaired) electrons. The minimum Gasteiger partial charge on any atom is -0.281 e.